The highest BCUT2D eigenvalue weighted by molar-refractivity contribution is 8.89. The molecule has 0 saturated carbocycles. The lowest BCUT2D eigenvalue weighted by molar-refractivity contribution is 0.0969. The number of hydrogen-bond acceptors (Lipinski definition) is 12. The third-order valence-electron chi connectivity index (χ3n) is 2.44. The van der Waals surface area contributed by atoms with Gasteiger partial charge in [0.05, 0.1) is 0 Å². The molecule has 0 spiro atoms. The van der Waals surface area contributed by atoms with E-state index in [1.807, 2.05) is 0 Å². The van der Waals surface area contributed by atoms with E-state index in [2.05, 4.69) is 10.2 Å². The van der Waals surface area contributed by atoms with Gasteiger partial charge in [-0.05, 0) is 24.3 Å². The molecule has 10 nitrogen and oxygen atoms in total. The Morgan fingerprint density at radius 1 is 0.708 bits per heavy atom. The van der Waals surface area contributed by atoms with Crippen LogP contribution in [0.15, 0.2) is 24.3 Å². The standard InChI is InChI=1S/C8H14N6O4P2S4/c9-21-19(17,22-10)13-7(15)5-1-2-6(4-3-5)8(16)14-20(18,23-11)24-12/h1-4H,9-12H2,(H,13,15,17)(H,14,16,18). The Labute approximate surface area is 154 Å². The van der Waals surface area contributed by atoms with E-state index in [1.54, 1.807) is 0 Å². The second-order valence-corrected chi connectivity index (χ2v) is 17.2. The number of benzene rings is 1. The van der Waals surface area contributed by atoms with Gasteiger partial charge in [0, 0.05) is 57.4 Å². The van der Waals surface area contributed by atoms with Gasteiger partial charge in [-0.15, -0.1) is 0 Å². The summed E-state index contributed by atoms with van der Waals surface area (Å²) >= 11 is 1.81. The smallest absolute Gasteiger partial charge is 0.285 e. The SMILES string of the molecule is NSP(=O)(NC(=O)c1ccc(C(=O)NP(=O)(SN)SN)cc1)SN. The van der Waals surface area contributed by atoms with Gasteiger partial charge in [-0.1, -0.05) is 0 Å². The van der Waals surface area contributed by atoms with Gasteiger partial charge in [0.25, 0.3) is 11.8 Å². The molecule has 1 rings (SSSR count). The van der Waals surface area contributed by atoms with Gasteiger partial charge in [-0.3, -0.25) is 49.4 Å². The van der Waals surface area contributed by atoms with Crippen LogP contribution in [0.3, 0.4) is 0 Å². The molecule has 1 aromatic rings. The second kappa shape index (κ2) is 9.53. The largest absolute Gasteiger partial charge is 0.308 e. The monoisotopic (exact) mass is 448 g/mol. The maximum Gasteiger partial charge on any atom is 0.308 e. The zero-order valence-electron chi connectivity index (χ0n) is 11.8. The topological polar surface area (TPSA) is 196 Å². The highest BCUT2D eigenvalue weighted by Crippen LogP contribution is 2.61. The van der Waals surface area contributed by atoms with Gasteiger partial charge in [0.15, 0.2) is 0 Å². The van der Waals surface area contributed by atoms with E-state index in [4.69, 9.17) is 20.6 Å². The van der Waals surface area contributed by atoms with Crippen LogP contribution in [0.4, 0.5) is 0 Å². The molecule has 16 heteroatoms. The molecule has 0 aromatic heterocycles. The maximum atomic E-state index is 12.0. The quantitative estimate of drug-likeness (QED) is 0.249. The van der Waals surface area contributed by atoms with Crippen molar-refractivity contribution in [2.45, 2.75) is 0 Å². The van der Waals surface area contributed by atoms with Crippen molar-refractivity contribution in [2.24, 2.45) is 20.6 Å². The average Bonchev–Trinajstić information content (AvgIpc) is 2.61. The molecule has 2 amide bonds. The predicted octanol–water partition coefficient (Wildman–Crippen LogP) is 1.79. The van der Waals surface area contributed by atoms with Gasteiger partial charge in [0.2, 0.25) is 0 Å². The molecular formula is C8H14N6O4P2S4. The van der Waals surface area contributed by atoms with E-state index in [-0.39, 0.29) is 11.1 Å². The third-order valence-corrected chi connectivity index (χ3v) is 12.0. The molecule has 0 saturated heterocycles. The molecule has 0 radical (unpaired) electrons. The van der Waals surface area contributed by atoms with Crippen molar-refractivity contribution in [3.63, 3.8) is 0 Å². The summed E-state index contributed by atoms with van der Waals surface area (Å²) in [6, 6.07) is 5.31. The molecule has 0 bridgehead atoms. The molecule has 0 atom stereocenters. The molecule has 0 unspecified atom stereocenters. The number of nitrogens with one attached hydrogen (secondary N) is 2. The number of carbonyl (C=O) groups excluding carboxylic acids is 2. The van der Waals surface area contributed by atoms with Crippen molar-refractivity contribution < 1.29 is 18.7 Å². The normalized spacial score (nSPS) is 11.8. The van der Waals surface area contributed by atoms with Crippen molar-refractivity contribution in [1.29, 1.82) is 0 Å². The van der Waals surface area contributed by atoms with Gasteiger partial charge in [0.1, 0.15) is 0 Å². The zero-order valence-corrected chi connectivity index (χ0v) is 16.8. The van der Waals surface area contributed by atoms with Gasteiger partial charge in [-0.25, -0.2) is 0 Å². The van der Waals surface area contributed by atoms with Crippen molar-refractivity contribution in [3.05, 3.63) is 35.4 Å². The summed E-state index contributed by atoms with van der Waals surface area (Å²) in [6.07, 6.45) is 0. The summed E-state index contributed by atoms with van der Waals surface area (Å²) in [5, 5.41) is 25.4. The van der Waals surface area contributed by atoms with Crippen LogP contribution < -0.4 is 30.7 Å². The van der Waals surface area contributed by atoms with Crippen LogP contribution in [0.5, 0.6) is 0 Å². The maximum absolute atomic E-state index is 12.0. The summed E-state index contributed by atoms with van der Waals surface area (Å²) in [5.74, 6) is -1.33. The van der Waals surface area contributed by atoms with Crippen molar-refractivity contribution in [3.8, 4) is 0 Å². The fourth-order valence-electron chi connectivity index (χ4n) is 1.31. The lowest BCUT2D eigenvalue weighted by Gasteiger charge is -2.14. The summed E-state index contributed by atoms with van der Waals surface area (Å²) in [7, 11) is 0. The Bertz CT molecular complexity index is 629. The molecule has 134 valence electrons. The lowest BCUT2D eigenvalue weighted by atomic mass is 10.1. The first-order valence-electron chi connectivity index (χ1n) is 5.72. The van der Waals surface area contributed by atoms with Gasteiger partial charge < -0.3 is 0 Å². The first-order chi connectivity index (χ1) is 11.2. The lowest BCUT2D eigenvalue weighted by Crippen LogP contribution is -2.21. The van der Waals surface area contributed by atoms with E-state index in [9.17, 15) is 18.7 Å². The van der Waals surface area contributed by atoms with Gasteiger partial charge >= 0.3 is 11.4 Å². The van der Waals surface area contributed by atoms with Crippen LogP contribution in [0.25, 0.3) is 0 Å². The number of hydrogen-bond donors (Lipinski definition) is 6. The zero-order chi connectivity index (χ0) is 18.4. The first kappa shape index (κ1) is 21.9. The van der Waals surface area contributed by atoms with E-state index in [0.717, 1.165) is 0 Å². The summed E-state index contributed by atoms with van der Waals surface area (Å²) in [4.78, 5) is 23.9. The molecule has 24 heavy (non-hydrogen) atoms. The van der Waals surface area contributed by atoms with Crippen LogP contribution in [-0.2, 0) is 9.13 Å². The van der Waals surface area contributed by atoms with Crippen LogP contribution in [0, 0.1) is 0 Å². The van der Waals surface area contributed by atoms with Crippen LogP contribution in [-0.4, -0.2) is 11.8 Å². The summed E-state index contributed by atoms with van der Waals surface area (Å²) in [5.41, 5.74) is -6.38. The average molecular weight is 448 g/mol. The van der Waals surface area contributed by atoms with Crippen molar-refractivity contribution in [2.75, 3.05) is 0 Å². The Kier molecular flexibility index (Phi) is 8.70. The highest BCUT2D eigenvalue weighted by Gasteiger charge is 2.26. The summed E-state index contributed by atoms with van der Waals surface area (Å²) < 4.78 is 23.9. The predicted molar refractivity (Wildman–Crippen MR) is 104 cm³/mol. The van der Waals surface area contributed by atoms with E-state index in [1.165, 1.54) is 24.3 Å². The Morgan fingerprint density at radius 3 is 1.17 bits per heavy atom. The van der Waals surface area contributed by atoms with E-state index >= 15 is 0 Å². The number of amides is 2. The third kappa shape index (κ3) is 5.99. The number of rotatable bonds is 8. The molecule has 0 aliphatic rings. The fraction of sp³-hybridized carbons (Fsp3) is 0. The second-order valence-electron chi connectivity index (χ2n) is 3.88. The van der Waals surface area contributed by atoms with E-state index in [0.29, 0.717) is 46.3 Å². The van der Waals surface area contributed by atoms with Crippen LogP contribution >= 0.6 is 57.7 Å². The molecule has 0 aliphatic carbocycles. The highest BCUT2D eigenvalue weighted by atomic mass is 33.1. The minimum atomic E-state index is -3.33. The Hall–Kier alpha value is -0.140. The molecular weight excluding hydrogens is 434 g/mol. The Balaban J connectivity index is 2.86. The molecule has 0 aliphatic heterocycles. The number of carbonyl (C=O) groups is 2. The molecule has 10 N–H and O–H groups in total. The molecule has 1 aromatic carbocycles. The summed E-state index contributed by atoms with van der Waals surface area (Å²) in [6.45, 7) is 0. The van der Waals surface area contributed by atoms with Crippen molar-refractivity contribution >= 4 is 69.5 Å². The van der Waals surface area contributed by atoms with Crippen LogP contribution in [0.2, 0.25) is 0 Å². The number of nitrogens with two attached hydrogens (primary N) is 4. The molecule has 0 fully saturated rings. The van der Waals surface area contributed by atoms with Crippen molar-refractivity contribution in [1.82, 2.24) is 10.2 Å². The molecule has 0 heterocycles. The van der Waals surface area contributed by atoms with Gasteiger partial charge in [-0.2, -0.15) is 0 Å². The minimum absolute atomic E-state index is 0.138. The van der Waals surface area contributed by atoms with E-state index < -0.39 is 23.2 Å². The fourth-order valence-corrected chi connectivity index (χ4v) is 5.19. The van der Waals surface area contributed by atoms with Crippen LogP contribution in [0.1, 0.15) is 20.7 Å². The minimum Gasteiger partial charge on any atom is -0.285 e. The first-order valence-corrected chi connectivity index (χ1v) is 15.1. The Morgan fingerprint density at radius 2 is 0.958 bits per heavy atom.